The summed E-state index contributed by atoms with van der Waals surface area (Å²) in [5.74, 6) is 0.129. The number of benzene rings is 2. The molecule has 3 nitrogen and oxygen atoms in total. The second-order valence-corrected chi connectivity index (χ2v) is 4.58. The number of rotatable bonds is 2. The van der Waals surface area contributed by atoms with E-state index in [2.05, 4.69) is 29.6 Å². The van der Waals surface area contributed by atoms with Gasteiger partial charge in [-0.25, -0.2) is 4.79 Å². The fraction of sp³-hybridized carbons (Fsp3) is 0.188. The highest BCUT2D eigenvalue weighted by molar-refractivity contribution is 5.79. The van der Waals surface area contributed by atoms with Gasteiger partial charge < -0.3 is 10.1 Å². The van der Waals surface area contributed by atoms with Gasteiger partial charge in [-0.3, -0.25) is 0 Å². The van der Waals surface area contributed by atoms with Crippen LogP contribution in [-0.2, 0) is 4.74 Å². The number of ether oxygens (including phenoxy) is 1. The van der Waals surface area contributed by atoms with Crippen molar-refractivity contribution >= 4 is 6.09 Å². The van der Waals surface area contributed by atoms with Gasteiger partial charge in [0.1, 0.15) is 6.61 Å². The maximum Gasteiger partial charge on any atom is 0.406 e. The van der Waals surface area contributed by atoms with Crippen LogP contribution >= 0.6 is 0 Å². The van der Waals surface area contributed by atoms with Crippen molar-refractivity contribution in [2.75, 3.05) is 13.7 Å². The zero-order valence-electron chi connectivity index (χ0n) is 10.7. The molecule has 3 rings (SSSR count). The largest absolute Gasteiger partial charge is 0.449 e. The topological polar surface area (TPSA) is 38.3 Å². The second kappa shape index (κ2) is 4.76. The number of nitrogens with one attached hydrogen (secondary N) is 1. The Balaban J connectivity index is 1.98. The SMILES string of the molecule is [13CH3]NC(=O)OCC1c2ccccc2-c2ccccc21. The predicted octanol–water partition coefficient (Wildman–Crippen LogP) is 3.15. The summed E-state index contributed by atoms with van der Waals surface area (Å²) < 4.78 is 5.24. The Morgan fingerprint density at radius 3 is 2.11 bits per heavy atom. The highest BCUT2D eigenvalue weighted by Gasteiger charge is 2.28. The number of hydrogen-bond donors (Lipinski definition) is 1. The monoisotopic (exact) mass is 254 g/mol. The number of alkyl carbamates (subject to hydrolysis) is 1. The quantitative estimate of drug-likeness (QED) is 0.836. The van der Waals surface area contributed by atoms with E-state index in [-0.39, 0.29) is 12.0 Å². The predicted molar refractivity (Wildman–Crippen MR) is 74.1 cm³/mol. The summed E-state index contributed by atoms with van der Waals surface area (Å²) in [6.07, 6.45) is -0.387. The lowest BCUT2D eigenvalue weighted by atomic mass is 9.98. The molecule has 1 amide bonds. The van der Waals surface area contributed by atoms with E-state index in [1.54, 1.807) is 7.05 Å². The van der Waals surface area contributed by atoms with E-state index in [4.69, 9.17) is 4.74 Å². The van der Waals surface area contributed by atoms with Crippen molar-refractivity contribution in [1.29, 1.82) is 0 Å². The highest BCUT2D eigenvalue weighted by Crippen LogP contribution is 2.44. The highest BCUT2D eigenvalue weighted by atomic mass is 16.5. The molecule has 96 valence electrons. The van der Waals surface area contributed by atoms with Gasteiger partial charge in [0.2, 0.25) is 0 Å². The van der Waals surface area contributed by atoms with Gasteiger partial charge in [0.15, 0.2) is 0 Å². The normalized spacial score (nSPS) is 12.7. The molecule has 0 radical (unpaired) electrons. The number of hydrogen-bond acceptors (Lipinski definition) is 2. The smallest absolute Gasteiger partial charge is 0.406 e. The van der Waals surface area contributed by atoms with Gasteiger partial charge in [-0.15, -0.1) is 0 Å². The molecule has 0 atom stereocenters. The molecule has 0 unspecified atom stereocenters. The molecule has 0 bridgehead atoms. The minimum absolute atomic E-state index is 0.129. The summed E-state index contributed by atoms with van der Waals surface area (Å²) in [7, 11) is 1.57. The van der Waals surface area contributed by atoms with Gasteiger partial charge in [-0.2, -0.15) is 0 Å². The molecule has 19 heavy (non-hydrogen) atoms. The minimum atomic E-state index is -0.387. The lowest BCUT2D eigenvalue weighted by molar-refractivity contribution is 0.145. The third kappa shape index (κ3) is 1.97. The standard InChI is InChI=1S/C16H15NO2/c1-17-16(18)19-10-15-13-8-4-2-6-11(13)12-7-3-5-9-14(12)15/h2-9,15H,10H2,1H3,(H,17,18)/i1+1. The molecule has 1 aliphatic carbocycles. The number of carbonyl (C=O) groups excluding carboxylic acids is 1. The van der Waals surface area contributed by atoms with Crippen molar-refractivity contribution in [3.63, 3.8) is 0 Å². The van der Waals surface area contributed by atoms with Crippen LogP contribution in [0.25, 0.3) is 11.1 Å². The van der Waals surface area contributed by atoms with Crippen LogP contribution in [0.3, 0.4) is 0 Å². The Morgan fingerprint density at radius 1 is 1.05 bits per heavy atom. The second-order valence-electron chi connectivity index (χ2n) is 4.58. The van der Waals surface area contributed by atoms with Crippen LogP contribution in [0.2, 0.25) is 0 Å². The lowest BCUT2D eigenvalue weighted by Gasteiger charge is -2.13. The molecule has 2 aromatic rings. The van der Waals surface area contributed by atoms with Crippen molar-refractivity contribution < 1.29 is 9.53 Å². The molecular formula is C16H15NO2. The molecule has 0 spiro atoms. The molecule has 1 aliphatic rings. The van der Waals surface area contributed by atoms with Crippen LogP contribution in [0, 0.1) is 0 Å². The van der Waals surface area contributed by atoms with Gasteiger partial charge in [-0.05, 0) is 22.3 Å². The van der Waals surface area contributed by atoms with Crippen molar-refractivity contribution in [2.45, 2.75) is 5.92 Å². The molecular weight excluding hydrogens is 239 g/mol. The average molecular weight is 254 g/mol. The molecule has 0 fully saturated rings. The van der Waals surface area contributed by atoms with Crippen molar-refractivity contribution in [3.8, 4) is 11.1 Å². The summed E-state index contributed by atoms with van der Waals surface area (Å²) in [4.78, 5) is 11.3. The van der Waals surface area contributed by atoms with Crippen molar-refractivity contribution in [1.82, 2.24) is 5.32 Å². The first-order chi connectivity index (χ1) is 9.31. The van der Waals surface area contributed by atoms with Crippen molar-refractivity contribution in [2.24, 2.45) is 0 Å². The Bertz CT molecular complexity index is 576. The molecule has 0 heterocycles. The van der Waals surface area contributed by atoms with Gasteiger partial charge in [0.25, 0.3) is 0 Å². The molecule has 0 saturated heterocycles. The van der Waals surface area contributed by atoms with E-state index < -0.39 is 0 Å². The van der Waals surface area contributed by atoms with Crippen LogP contribution in [0.5, 0.6) is 0 Å². The van der Waals surface area contributed by atoms with Crippen LogP contribution in [0.4, 0.5) is 4.79 Å². The minimum Gasteiger partial charge on any atom is -0.449 e. The molecule has 3 heteroatoms. The van der Waals surface area contributed by atoms with E-state index in [1.807, 2.05) is 24.3 Å². The van der Waals surface area contributed by atoms with E-state index in [0.717, 1.165) is 0 Å². The zero-order chi connectivity index (χ0) is 13.2. The average Bonchev–Trinajstić information content (AvgIpc) is 2.79. The summed E-state index contributed by atoms with van der Waals surface area (Å²) in [5, 5.41) is 2.48. The van der Waals surface area contributed by atoms with Crippen LogP contribution in [0.15, 0.2) is 48.5 Å². The number of carbonyl (C=O) groups is 1. The van der Waals surface area contributed by atoms with Crippen LogP contribution < -0.4 is 5.32 Å². The summed E-state index contributed by atoms with van der Waals surface area (Å²) in [6.45, 7) is 0.369. The Hall–Kier alpha value is -2.29. The first-order valence-electron chi connectivity index (χ1n) is 6.34. The fourth-order valence-corrected chi connectivity index (χ4v) is 2.67. The Labute approximate surface area is 112 Å². The molecule has 0 aromatic heterocycles. The van der Waals surface area contributed by atoms with Gasteiger partial charge in [-0.1, -0.05) is 48.5 Å². The Kier molecular flexibility index (Phi) is 2.95. The maximum absolute atomic E-state index is 11.3. The van der Waals surface area contributed by atoms with Crippen molar-refractivity contribution in [3.05, 3.63) is 59.7 Å². The number of fused-ring (bicyclic) bond motifs is 3. The molecule has 0 aliphatic heterocycles. The van der Waals surface area contributed by atoms with E-state index in [1.165, 1.54) is 22.3 Å². The lowest BCUT2D eigenvalue weighted by Crippen LogP contribution is -2.21. The first kappa shape index (κ1) is 11.8. The van der Waals surface area contributed by atoms with Gasteiger partial charge >= 0.3 is 6.09 Å². The molecule has 1 N–H and O–H groups in total. The fourth-order valence-electron chi connectivity index (χ4n) is 2.67. The summed E-state index contributed by atoms with van der Waals surface area (Å²) in [6, 6.07) is 16.6. The summed E-state index contributed by atoms with van der Waals surface area (Å²) >= 11 is 0. The molecule has 0 saturated carbocycles. The van der Waals surface area contributed by atoms with Gasteiger partial charge in [0, 0.05) is 13.0 Å². The first-order valence-corrected chi connectivity index (χ1v) is 6.34. The molecule has 2 aromatic carbocycles. The van der Waals surface area contributed by atoms with Crippen LogP contribution in [0.1, 0.15) is 17.0 Å². The van der Waals surface area contributed by atoms with Gasteiger partial charge in [0.05, 0.1) is 0 Å². The number of amides is 1. The Morgan fingerprint density at radius 2 is 1.58 bits per heavy atom. The third-order valence-electron chi connectivity index (χ3n) is 3.55. The van der Waals surface area contributed by atoms with E-state index in [9.17, 15) is 4.79 Å². The third-order valence-corrected chi connectivity index (χ3v) is 3.55. The summed E-state index contributed by atoms with van der Waals surface area (Å²) in [5.41, 5.74) is 4.94. The van der Waals surface area contributed by atoms with E-state index >= 15 is 0 Å². The maximum atomic E-state index is 11.3. The van der Waals surface area contributed by atoms with Crippen LogP contribution in [-0.4, -0.2) is 19.7 Å². The van der Waals surface area contributed by atoms with E-state index in [0.29, 0.717) is 6.61 Å². The zero-order valence-corrected chi connectivity index (χ0v) is 10.7.